The van der Waals surface area contributed by atoms with Crippen LogP contribution in [0, 0.1) is 3.57 Å². The third kappa shape index (κ3) is 2.13. The van der Waals surface area contributed by atoms with Gasteiger partial charge in [-0.05, 0) is 35.6 Å². The lowest BCUT2D eigenvalue weighted by Crippen LogP contribution is -2.00. The average Bonchev–Trinajstić information content (AvgIpc) is 2.00. The van der Waals surface area contributed by atoms with Gasteiger partial charge in [-0.15, -0.1) is 0 Å². The van der Waals surface area contributed by atoms with Gasteiger partial charge < -0.3 is 10.5 Å². The molecule has 1 aromatic rings. The van der Waals surface area contributed by atoms with E-state index in [2.05, 4.69) is 27.6 Å². The number of hydrogen-bond donors (Lipinski definition) is 1. The van der Waals surface area contributed by atoms with E-state index in [1.54, 1.807) is 6.07 Å². The summed E-state index contributed by atoms with van der Waals surface area (Å²) in [5, 5.41) is 0.358. The number of pyridine rings is 1. The Kier molecular flexibility index (Phi) is 3.39. The van der Waals surface area contributed by atoms with Crippen LogP contribution in [-0.2, 0) is 0 Å². The third-order valence-corrected chi connectivity index (χ3v) is 2.48. The molecule has 2 N–H and O–H groups in total. The predicted molar refractivity (Wildman–Crippen MR) is 57.5 cm³/mol. The predicted octanol–water partition coefficient (Wildman–Crippen LogP) is 2.32. The number of aromatic nitrogens is 1. The molecule has 3 nitrogen and oxygen atoms in total. The highest BCUT2D eigenvalue weighted by molar-refractivity contribution is 14.1. The molecule has 66 valence electrons. The standard InChI is InChI=1S/C7H8ClIN2O/c1-2-12-7-6(9)4(10)3-5(8)11-7/h3H,2H2,1H3,(H2,10,11). The topological polar surface area (TPSA) is 48.1 Å². The second kappa shape index (κ2) is 4.13. The van der Waals surface area contributed by atoms with Gasteiger partial charge in [0.2, 0.25) is 5.88 Å². The van der Waals surface area contributed by atoms with Crippen molar-refractivity contribution in [3.8, 4) is 5.88 Å². The molecule has 0 aliphatic carbocycles. The van der Waals surface area contributed by atoms with E-state index in [4.69, 9.17) is 22.1 Å². The largest absolute Gasteiger partial charge is 0.477 e. The fourth-order valence-electron chi connectivity index (χ4n) is 0.726. The smallest absolute Gasteiger partial charge is 0.230 e. The summed E-state index contributed by atoms with van der Waals surface area (Å²) in [7, 11) is 0. The van der Waals surface area contributed by atoms with Crippen molar-refractivity contribution in [1.29, 1.82) is 0 Å². The maximum Gasteiger partial charge on any atom is 0.230 e. The minimum atomic E-state index is 0.358. The number of hydrogen-bond acceptors (Lipinski definition) is 3. The van der Waals surface area contributed by atoms with E-state index >= 15 is 0 Å². The normalized spacial score (nSPS) is 9.92. The van der Waals surface area contributed by atoms with E-state index < -0.39 is 0 Å². The zero-order chi connectivity index (χ0) is 9.14. The number of nitrogens with zero attached hydrogens (tertiary/aromatic N) is 1. The van der Waals surface area contributed by atoms with Gasteiger partial charge in [0, 0.05) is 0 Å². The van der Waals surface area contributed by atoms with Crippen molar-refractivity contribution in [2.45, 2.75) is 6.92 Å². The summed E-state index contributed by atoms with van der Waals surface area (Å²) in [5.41, 5.74) is 6.24. The molecule has 0 amide bonds. The van der Waals surface area contributed by atoms with Gasteiger partial charge in [-0.2, -0.15) is 0 Å². The van der Waals surface area contributed by atoms with Crippen LogP contribution in [0.5, 0.6) is 5.88 Å². The van der Waals surface area contributed by atoms with Crippen LogP contribution >= 0.6 is 34.2 Å². The number of nitrogens with two attached hydrogens (primary N) is 1. The lowest BCUT2D eigenvalue weighted by Gasteiger charge is -2.06. The van der Waals surface area contributed by atoms with Crippen LogP contribution in [0.2, 0.25) is 5.15 Å². The number of anilines is 1. The fraction of sp³-hybridized carbons (Fsp3) is 0.286. The molecule has 0 spiro atoms. The Hall–Kier alpha value is -0.230. The molecule has 0 unspecified atom stereocenters. The summed E-state index contributed by atoms with van der Waals surface area (Å²) >= 11 is 7.76. The zero-order valence-electron chi connectivity index (χ0n) is 6.47. The van der Waals surface area contributed by atoms with E-state index in [1.165, 1.54) is 0 Å². The minimum Gasteiger partial charge on any atom is -0.477 e. The summed E-state index contributed by atoms with van der Waals surface area (Å²) in [6.45, 7) is 2.44. The van der Waals surface area contributed by atoms with Crippen molar-refractivity contribution in [3.05, 3.63) is 14.8 Å². The first-order valence-electron chi connectivity index (χ1n) is 3.39. The summed E-state index contributed by atoms with van der Waals surface area (Å²) in [4.78, 5) is 3.98. The van der Waals surface area contributed by atoms with E-state index in [0.717, 1.165) is 3.57 Å². The van der Waals surface area contributed by atoms with Crippen LogP contribution in [0.25, 0.3) is 0 Å². The highest BCUT2D eigenvalue weighted by atomic mass is 127. The lowest BCUT2D eigenvalue weighted by molar-refractivity contribution is 0.324. The van der Waals surface area contributed by atoms with Crippen LogP contribution in [0.15, 0.2) is 6.07 Å². The summed E-state index contributed by atoms with van der Waals surface area (Å²) in [5.74, 6) is 0.503. The number of rotatable bonds is 2. The first-order chi connectivity index (χ1) is 5.65. The van der Waals surface area contributed by atoms with E-state index in [9.17, 15) is 0 Å². The van der Waals surface area contributed by atoms with Gasteiger partial charge in [-0.1, -0.05) is 11.6 Å². The molecule has 0 radical (unpaired) electrons. The maximum absolute atomic E-state index is 5.68. The van der Waals surface area contributed by atoms with Crippen LogP contribution in [0.3, 0.4) is 0 Å². The molecule has 0 saturated carbocycles. The van der Waals surface area contributed by atoms with Crippen molar-refractivity contribution >= 4 is 39.9 Å². The molecule has 0 atom stereocenters. The molecule has 0 aromatic carbocycles. The Bertz CT molecular complexity index is 293. The van der Waals surface area contributed by atoms with Crippen LogP contribution in [-0.4, -0.2) is 11.6 Å². The number of halogens is 2. The second-order valence-electron chi connectivity index (χ2n) is 2.09. The second-order valence-corrected chi connectivity index (χ2v) is 3.55. The van der Waals surface area contributed by atoms with Crippen LogP contribution in [0.4, 0.5) is 5.69 Å². The third-order valence-electron chi connectivity index (χ3n) is 1.21. The molecule has 0 aliphatic heterocycles. The van der Waals surface area contributed by atoms with Gasteiger partial charge in [0.25, 0.3) is 0 Å². The van der Waals surface area contributed by atoms with Crippen LogP contribution in [0.1, 0.15) is 6.92 Å². The molecule has 0 fully saturated rings. The highest BCUT2D eigenvalue weighted by Crippen LogP contribution is 2.26. The molecule has 0 saturated heterocycles. The van der Waals surface area contributed by atoms with Crippen molar-refractivity contribution in [2.24, 2.45) is 0 Å². The molecule has 5 heteroatoms. The SMILES string of the molecule is CCOc1nc(Cl)cc(N)c1I. The zero-order valence-corrected chi connectivity index (χ0v) is 9.39. The minimum absolute atomic E-state index is 0.358. The Labute approximate surface area is 89.4 Å². The summed E-state index contributed by atoms with van der Waals surface area (Å²) < 4.78 is 6.02. The molecular formula is C7H8ClIN2O. The monoisotopic (exact) mass is 298 g/mol. The number of ether oxygens (including phenoxy) is 1. The first kappa shape index (κ1) is 9.85. The van der Waals surface area contributed by atoms with Gasteiger partial charge in [0.15, 0.2) is 0 Å². The van der Waals surface area contributed by atoms with Crippen LogP contribution < -0.4 is 10.5 Å². The van der Waals surface area contributed by atoms with E-state index in [-0.39, 0.29) is 0 Å². The van der Waals surface area contributed by atoms with E-state index in [1.807, 2.05) is 6.92 Å². The van der Waals surface area contributed by atoms with Crippen molar-refractivity contribution in [1.82, 2.24) is 4.98 Å². The summed E-state index contributed by atoms with van der Waals surface area (Å²) in [6.07, 6.45) is 0. The van der Waals surface area contributed by atoms with Crippen molar-refractivity contribution < 1.29 is 4.74 Å². The number of nitrogen functional groups attached to an aromatic ring is 1. The van der Waals surface area contributed by atoms with Crippen molar-refractivity contribution in [2.75, 3.05) is 12.3 Å². The first-order valence-corrected chi connectivity index (χ1v) is 4.85. The van der Waals surface area contributed by atoms with Gasteiger partial charge in [0.05, 0.1) is 15.9 Å². The average molecular weight is 299 g/mol. The Morgan fingerprint density at radius 1 is 1.75 bits per heavy atom. The quantitative estimate of drug-likeness (QED) is 0.673. The Balaban J connectivity index is 3.09. The molecule has 0 aliphatic rings. The van der Waals surface area contributed by atoms with Gasteiger partial charge >= 0.3 is 0 Å². The molecular weight excluding hydrogens is 290 g/mol. The Morgan fingerprint density at radius 3 is 3.00 bits per heavy atom. The Morgan fingerprint density at radius 2 is 2.42 bits per heavy atom. The van der Waals surface area contributed by atoms with Gasteiger partial charge in [0.1, 0.15) is 5.15 Å². The molecule has 0 bridgehead atoms. The highest BCUT2D eigenvalue weighted by Gasteiger charge is 2.07. The molecule has 12 heavy (non-hydrogen) atoms. The molecule has 1 rings (SSSR count). The van der Waals surface area contributed by atoms with Gasteiger partial charge in [-0.3, -0.25) is 0 Å². The van der Waals surface area contributed by atoms with E-state index in [0.29, 0.717) is 23.3 Å². The van der Waals surface area contributed by atoms with Crippen molar-refractivity contribution in [3.63, 3.8) is 0 Å². The fourth-order valence-corrected chi connectivity index (χ4v) is 1.35. The maximum atomic E-state index is 5.68. The van der Waals surface area contributed by atoms with Gasteiger partial charge in [-0.25, -0.2) is 4.98 Å². The molecule has 1 heterocycles. The lowest BCUT2D eigenvalue weighted by atomic mass is 10.4. The molecule has 1 aromatic heterocycles. The summed E-state index contributed by atoms with van der Waals surface area (Å²) in [6, 6.07) is 1.60.